The fourth-order valence-electron chi connectivity index (χ4n) is 1.96. The topological polar surface area (TPSA) is 75.5 Å². The standard InChI is InChI=1S/C15H18IN3O4/c1-3-23-15(20)13-14(11-5-4-6-12(16)9-11)19(18-17-13)10-22-8-7-21-2/h4-6,9H,3,7-8,10H2,1-2H3. The van der Waals surface area contributed by atoms with Crippen LogP contribution in [0.15, 0.2) is 24.3 Å². The van der Waals surface area contributed by atoms with Crippen LogP contribution >= 0.6 is 22.6 Å². The van der Waals surface area contributed by atoms with Crippen molar-refractivity contribution >= 4 is 28.6 Å². The molecular formula is C15H18IN3O4. The number of rotatable bonds is 8. The molecule has 0 spiro atoms. The van der Waals surface area contributed by atoms with E-state index in [-0.39, 0.29) is 19.0 Å². The second kappa shape index (κ2) is 8.94. The monoisotopic (exact) mass is 431 g/mol. The number of halogens is 1. The molecule has 0 fully saturated rings. The van der Waals surface area contributed by atoms with E-state index in [1.807, 2.05) is 24.3 Å². The highest BCUT2D eigenvalue weighted by molar-refractivity contribution is 14.1. The number of hydrogen-bond acceptors (Lipinski definition) is 6. The maximum Gasteiger partial charge on any atom is 0.361 e. The molecule has 0 bridgehead atoms. The van der Waals surface area contributed by atoms with Gasteiger partial charge in [0.25, 0.3) is 0 Å². The first-order valence-corrected chi connectivity index (χ1v) is 8.18. The van der Waals surface area contributed by atoms with Crippen LogP contribution in [0.3, 0.4) is 0 Å². The smallest absolute Gasteiger partial charge is 0.361 e. The lowest BCUT2D eigenvalue weighted by atomic mass is 10.1. The SMILES string of the molecule is CCOC(=O)c1nnn(COCCOC)c1-c1cccc(I)c1. The first kappa shape index (κ1) is 17.8. The van der Waals surface area contributed by atoms with Crippen molar-refractivity contribution in [3.05, 3.63) is 33.5 Å². The molecule has 0 aliphatic rings. The molecule has 1 aromatic heterocycles. The minimum Gasteiger partial charge on any atom is -0.461 e. The van der Waals surface area contributed by atoms with Gasteiger partial charge in [0.1, 0.15) is 12.4 Å². The minimum atomic E-state index is -0.496. The van der Waals surface area contributed by atoms with Crippen LogP contribution in [-0.2, 0) is 20.9 Å². The number of benzene rings is 1. The molecule has 2 aromatic rings. The zero-order chi connectivity index (χ0) is 16.7. The van der Waals surface area contributed by atoms with Gasteiger partial charge in [-0.25, -0.2) is 9.48 Å². The molecule has 0 atom stereocenters. The van der Waals surface area contributed by atoms with E-state index in [1.54, 1.807) is 18.7 Å². The van der Waals surface area contributed by atoms with Gasteiger partial charge in [0.05, 0.1) is 19.8 Å². The number of aromatic nitrogens is 3. The molecule has 1 heterocycles. The molecule has 124 valence electrons. The molecule has 0 amide bonds. The fourth-order valence-corrected chi connectivity index (χ4v) is 2.50. The predicted molar refractivity (Wildman–Crippen MR) is 92.0 cm³/mol. The van der Waals surface area contributed by atoms with Crippen LogP contribution in [0.25, 0.3) is 11.3 Å². The zero-order valence-corrected chi connectivity index (χ0v) is 15.1. The summed E-state index contributed by atoms with van der Waals surface area (Å²) < 4.78 is 18.1. The summed E-state index contributed by atoms with van der Waals surface area (Å²) in [4.78, 5) is 12.1. The first-order chi connectivity index (χ1) is 11.2. The highest BCUT2D eigenvalue weighted by Gasteiger charge is 2.22. The summed E-state index contributed by atoms with van der Waals surface area (Å²) in [5, 5.41) is 7.99. The molecular weight excluding hydrogens is 413 g/mol. The summed E-state index contributed by atoms with van der Waals surface area (Å²) in [7, 11) is 1.61. The van der Waals surface area contributed by atoms with Gasteiger partial charge in [-0.15, -0.1) is 5.10 Å². The van der Waals surface area contributed by atoms with Crippen molar-refractivity contribution in [3.63, 3.8) is 0 Å². The van der Waals surface area contributed by atoms with E-state index < -0.39 is 5.97 Å². The van der Waals surface area contributed by atoms with Gasteiger partial charge in [-0.1, -0.05) is 17.3 Å². The van der Waals surface area contributed by atoms with Gasteiger partial charge in [-0.05, 0) is 41.6 Å². The predicted octanol–water partition coefficient (Wildman–Crippen LogP) is 2.35. The Morgan fingerprint density at radius 2 is 2.17 bits per heavy atom. The maximum atomic E-state index is 12.1. The van der Waals surface area contributed by atoms with Crippen LogP contribution < -0.4 is 0 Å². The van der Waals surface area contributed by atoms with Crippen LogP contribution in [-0.4, -0.2) is 47.9 Å². The summed E-state index contributed by atoms with van der Waals surface area (Å²) in [5.41, 5.74) is 1.60. The fraction of sp³-hybridized carbons (Fsp3) is 0.400. The highest BCUT2D eigenvalue weighted by Crippen LogP contribution is 2.24. The molecule has 1 aromatic carbocycles. The Balaban J connectivity index is 2.33. The van der Waals surface area contributed by atoms with Gasteiger partial charge >= 0.3 is 5.97 Å². The minimum absolute atomic E-state index is 0.177. The van der Waals surface area contributed by atoms with Crippen molar-refractivity contribution in [3.8, 4) is 11.3 Å². The van der Waals surface area contributed by atoms with Crippen LogP contribution in [0.1, 0.15) is 17.4 Å². The lowest BCUT2D eigenvalue weighted by Gasteiger charge is -2.09. The molecule has 0 aliphatic carbocycles. The third-order valence-corrected chi connectivity index (χ3v) is 3.62. The van der Waals surface area contributed by atoms with Crippen LogP contribution in [0, 0.1) is 3.57 Å². The Hall–Kier alpha value is -1.52. The molecule has 0 saturated carbocycles. The normalized spacial score (nSPS) is 10.7. The largest absolute Gasteiger partial charge is 0.461 e. The van der Waals surface area contributed by atoms with Crippen molar-refractivity contribution in [2.24, 2.45) is 0 Å². The lowest BCUT2D eigenvalue weighted by Crippen LogP contribution is -2.11. The van der Waals surface area contributed by atoms with Crippen molar-refractivity contribution in [1.82, 2.24) is 15.0 Å². The Bertz CT molecular complexity index is 660. The van der Waals surface area contributed by atoms with Gasteiger partial charge in [-0.2, -0.15) is 0 Å². The number of carbonyl (C=O) groups excluding carboxylic acids is 1. The van der Waals surface area contributed by atoms with Crippen LogP contribution in [0.5, 0.6) is 0 Å². The molecule has 0 N–H and O–H groups in total. The van der Waals surface area contributed by atoms with Gasteiger partial charge in [-0.3, -0.25) is 0 Å². The van der Waals surface area contributed by atoms with E-state index in [2.05, 4.69) is 32.9 Å². The average Bonchev–Trinajstić information content (AvgIpc) is 2.96. The molecule has 0 saturated heterocycles. The van der Waals surface area contributed by atoms with E-state index in [1.165, 1.54) is 0 Å². The summed E-state index contributed by atoms with van der Waals surface area (Å²) >= 11 is 2.21. The Morgan fingerprint density at radius 3 is 2.87 bits per heavy atom. The lowest BCUT2D eigenvalue weighted by molar-refractivity contribution is 0.0288. The van der Waals surface area contributed by atoms with Gasteiger partial charge in [0.2, 0.25) is 0 Å². The molecule has 0 unspecified atom stereocenters. The molecule has 7 nitrogen and oxygen atoms in total. The van der Waals surface area contributed by atoms with Crippen molar-refractivity contribution in [2.75, 3.05) is 26.9 Å². The number of nitrogens with zero attached hydrogens (tertiary/aromatic N) is 3. The number of ether oxygens (including phenoxy) is 3. The second-order valence-corrected chi connectivity index (χ2v) is 5.79. The quantitative estimate of drug-likeness (QED) is 0.363. The summed E-state index contributed by atoms with van der Waals surface area (Å²) in [5.74, 6) is -0.496. The van der Waals surface area contributed by atoms with E-state index in [9.17, 15) is 4.79 Å². The number of esters is 1. The summed E-state index contributed by atoms with van der Waals surface area (Å²) in [6.07, 6.45) is 0. The van der Waals surface area contributed by atoms with E-state index in [0.717, 1.165) is 9.13 Å². The van der Waals surface area contributed by atoms with Crippen LogP contribution in [0.2, 0.25) is 0 Å². The second-order valence-electron chi connectivity index (χ2n) is 4.55. The van der Waals surface area contributed by atoms with Crippen molar-refractivity contribution < 1.29 is 19.0 Å². The van der Waals surface area contributed by atoms with Crippen molar-refractivity contribution in [1.29, 1.82) is 0 Å². The van der Waals surface area contributed by atoms with E-state index >= 15 is 0 Å². The summed E-state index contributed by atoms with van der Waals surface area (Å²) in [6, 6.07) is 7.73. The molecule has 2 rings (SSSR count). The first-order valence-electron chi connectivity index (χ1n) is 7.10. The van der Waals surface area contributed by atoms with Gasteiger partial charge in [0, 0.05) is 16.2 Å². The Labute approximate surface area is 148 Å². The molecule has 0 radical (unpaired) electrons. The van der Waals surface area contributed by atoms with E-state index in [0.29, 0.717) is 18.9 Å². The number of methoxy groups -OCH3 is 1. The third kappa shape index (κ3) is 4.72. The Kier molecular flexibility index (Phi) is 6.93. The maximum absolute atomic E-state index is 12.1. The van der Waals surface area contributed by atoms with Crippen molar-refractivity contribution in [2.45, 2.75) is 13.7 Å². The number of carbonyl (C=O) groups is 1. The van der Waals surface area contributed by atoms with Crippen LogP contribution in [0.4, 0.5) is 0 Å². The average molecular weight is 431 g/mol. The molecule has 23 heavy (non-hydrogen) atoms. The summed E-state index contributed by atoms with van der Waals surface area (Å²) in [6.45, 7) is 3.12. The highest BCUT2D eigenvalue weighted by atomic mass is 127. The van der Waals surface area contributed by atoms with E-state index in [4.69, 9.17) is 14.2 Å². The van der Waals surface area contributed by atoms with Gasteiger partial charge < -0.3 is 14.2 Å². The number of hydrogen-bond donors (Lipinski definition) is 0. The van der Waals surface area contributed by atoms with Gasteiger partial charge in [0.15, 0.2) is 5.69 Å². The molecule has 8 heteroatoms. The Morgan fingerprint density at radius 1 is 1.35 bits per heavy atom. The zero-order valence-electron chi connectivity index (χ0n) is 13.0. The third-order valence-electron chi connectivity index (χ3n) is 2.95. The molecule has 0 aliphatic heterocycles.